The van der Waals surface area contributed by atoms with Crippen molar-refractivity contribution in [2.24, 2.45) is 0 Å². The van der Waals surface area contributed by atoms with Crippen LogP contribution in [-0.2, 0) is 6.42 Å². The van der Waals surface area contributed by atoms with Gasteiger partial charge < -0.3 is 10.6 Å². The van der Waals surface area contributed by atoms with E-state index in [2.05, 4.69) is 20.9 Å². The fourth-order valence-electron chi connectivity index (χ4n) is 3.31. The molecule has 2 aromatic rings. The maximum atomic E-state index is 12.6. The summed E-state index contributed by atoms with van der Waals surface area (Å²) in [6.45, 7) is 5.77. The van der Waals surface area contributed by atoms with E-state index in [1.54, 1.807) is 12.1 Å². The van der Waals surface area contributed by atoms with Gasteiger partial charge in [-0.1, -0.05) is 34.5 Å². The molecule has 0 spiro atoms. The highest BCUT2D eigenvalue weighted by molar-refractivity contribution is 6.35. The third-order valence-corrected chi connectivity index (χ3v) is 5.30. The van der Waals surface area contributed by atoms with Crippen LogP contribution in [0, 0.1) is 6.92 Å². The maximum Gasteiger partial charge on any atom is 0.273 e. The van der Waals surface area contributed by atoms with Crippen LogP contribution in [0.3, 0.4) is 0 Å². The van der Waals surface area contributed by atoms with Gasteiger partial charge in [0.1, 0.15) is 0 Å². The Morgan fingerprint density at radius 3 is 2.81 bits per heavy atom. The zero-order valence-electron chi connectivity index (χ0n) is 14.9. The van der Waals surface area contributed by atoms with Crippen LogP contribution in [0.25, 0.3) is 0 Å². The van der Waals surface area contributed by atoms with Gasteiger partial charge in [-0.15, -0.1) is 5.10 Å². The number of nitrogens with zero attached hydrogens (tertiary/aromatic N) is 3. The minimum atomic E-state index is -0.208. The van der Waals surface area contributed by atoms with Crippen molar-refractivity contribution < 1.29 is 4.79 Å². The molecule has 2 heterocycles. The largest absolute Gasteiger partial charge is 0.348 e. The number of benzene rings is 1. The van der Waals surface area contributed by atoms with Gasteiger partial charge in [0.15, 0.2) is 5.69 Å². The molecule has 1 aliphatic rings. The summed E-state index contributed by atoms with van der Waals surface area (Å²) < 4.78 is 1.89. The number of nitrogens with one attached hydrogen (secondary N) is 2. The zero-order chi connectivity index (χ0) is 18.7. The molecule has 1 aliphatic heterocycles. The van der Waals surface area contributed by atoms with Crippen LogP contribution in [0.15, 0.2) is 18.2 Å². The van der Waals surface area contributed by atoms with E-state index in [9.17, 15) is 4.79 Å². The molecule has 0 saturated carbocycles. The Balaban J connectivity index is 1.65. The molecule has 6 nitrogen and oxygen atoms in total. The van der Waals surface area contributed by atoms with E-state index in [0.29, 0.717) is 28.2 Å². The van der Waals surface area contributed by atoms with Gasteiger partial charge in [0.25, 0.3) is 5.91 Å². The topological polar surface area (TPSA) is 71.8 Å². The van der Waals surface area contributed by atoms with Crippen LogP contribution in [0.2, 0.25) is 10.0 Å². The molecule has 0 radical (unpaired) electrons. The Kier molecular flexibility index (Phi) is 6.16. The molecule has 1 unspecified atom stereocenters. The second-order valence-corrected chi connectivity index (χ2v) is 7.61. The van der Waals surface area contributed by atoms with E-state index in [-0.39, 0.29) is 11.9 Å². The molecule has 1 saturated heterocycles. The fraction of sp³-hybridized carbons (Fsp3) is 0.500. The van der Waals surface area contributed by atoms with Gasteiger partial charge in [-0.2, -0.15) is 0 Å². The first-order valence-corrected chi connectivity index (χ1v) is 9.58. The van der Waals surface area contributed by atoms with Crippen LogP contribution in [0.4, 0.5) is 0 Å². The van der Waals surface area contributed by atoms with Crippen molar-refractivity contribution in [3.05, 3.63) is 45.2 Å². The number of carbonyl (C=O) groups excluding carboxylic acids is 1. The van der Waals surface area contributed by atoms with E-state index in [1.807, 2.05) is 24.6 Å². The van der Waals surface area contributed by atoms with Gasteiger partial charge >= 0.3 is 0 Å². The second kappa shape index (κ2) is 8.37. The standard InChI is InChI=1S/C18H23Cl2N5O/c1-11(9-13-3-4-14(19)10-16(13)20)22-18(26)17-12(2)25(24-23-17)15-5-7-21-8-6-15/h3-4,10-11,15,21H,5-9H2,1-2H3,(H,22,26). The number of aromatic nitrogens is 3. The van der Waals surface area contributed by atoms with E-state index in [0.717, 1.165) is 37.2 Å². The molecule has 26 heavy (non-hydrogen) atoms. The summed E-state index contributed by atoms with van der Waals surface area (Å²) in [5.74, 6) is -0.208. The van der Waals surface area contributed by atoms with Crippen molar-refractivity contribution in [3.8, 4) is 0 Å². The minimum Gasteiger partial charge on any atom is -0.348 e. The molecule has 2 N–H and O–H groups in total. The maximum absolute atomic E-state index is 12.6. The highest BCUT2D eigenvalue weighted by atomic mass is 35.5. The predicted molar refractivity (Wildman–Crippen MR) is 103 cm³/mol. The van der Waals surface area contributed by atoms with Crippen LogP contribution in [-0.4, -0.2) is 40.0 Å². The Hall–Kier alpha value is -1.63. The summed E-state index contributed by atoms with van der Waals surface area (Å²) in [7, 11) is 0. The summed E-state index contributed by atoms with van der Waals surface area (Å²) in [4.78, 5) is 12.6. The molecule has 1 aromatic heterocycles. The Labute approximate surface area is 163 Å². The van der Waals surface area contributed by atoms with Crippen LogP contribution in [0.5, 0.6) is 0 Å². The van der Waals surface area contributed by atoms with Crippen molar-refractivity contribution in [1.82, 2.24) is 25.6 Å². The normalized spacial score (nSPS) is 16.5. The Morgan fingerprint density at radius 1 is 1.38 bits per heavy atom. The third kappa shape index (κ3) is 4.37. The van der Waals surface area contributed by atoms with Gasteiger partial charge in [0.2, 0.25) is 0 Å². The summed E-state index contributed by atoms with van der Waals surface area (Å²) in [5, 5.41) is 15.9. The Bertz CT molecular complexity index is 786. The third-order valence-electron chi connectivity index (χ3n) is 4.72. The number of hydrogen-bond donors (Lipinski definition) is 2. The van der Waals surface area contributed by atoms with Crippen LogP contribution >= 0.6 is 23.2 Å². The molecular weight excluding hydrogens is 373 g/mol. The van der Waals surface area contributed by atoms with E-state index in [4.69, 9.17) is 23.2 Å². The van der Waals surface area contributed by atoms with Crippen molar-refractivity contribution in [1.29, 1.82) is 0 Å². The predicted octanol–water partition coefficient (Wildman–Crippen LogP) is 3.18. The van der Waals surface area contributed by atoms with Gasteiger partial charge in [-0.3, -0.25) is 4.79 Å². The van der Waals surface area contributed by atoms with Crippen LogP contribution < -0.4 is 10.6 Å². The molecule has 1 fully saturated rings. The van der Waals surface area contributed by atoms with Crippen molar-refractivity contribution in [3.63, 3.8) is 0 Å². The average molecular weight is 396 g/mol. The summed E-state index contributed by atoms with van der Waals surface area (Å²) in [6.07, 6.45) is 2.61. The molecule has 0 aliphatic carbocycles. The molecule has 140 valence electrons. The SMILES string of the molecule is Cc1c(C(=O)NC(C)Cc2ccc(Cl)cc2Cl)nnn1C1CCNCC1. The molecule has 0 bridgehead atoms. The molecule has 8 heteroatoms. The van der Waals surface area contributed by atoms with Crippen molar-refractivity contribution in [2.75, 3.05) is 13.1 Å². The van der Waals surface area contributed by atoms with Gasteiger partial charge in [0, 0.05) is 16.1 Å². The Morgan fingerprint density at radius 2 is 2.12 bits per heavy atom. The molecule has 1 atom stereocenters. The van der Waals surface area contributed by atoms with Gasteiger partial charge in [-0.25, -0.2) is 4.68 Å². The first kappa shape index (κ1) is 19.1. The average Bonchev–Trinajstić information content (AvgIpc) is 3.00. The fourth-order valence-corrected chi connectivity index (χ4v) is 3.79. The van der Waals surface area contributed by atoms with E-state index in [1.165, 1.54) is 0 Å². The minimum absolute atomic E-state index is 0.0930. The lowest BCUT2D eigenvalue weighted by Crippen LogP contribution is -2.35. The van der Waals surface area contributed by atoms with Gasteiger partial charge in [-0.05, 0) is 63.9 Å². The first-order chi connectivity index (χ1) is 12.5. The van der Waals surface area contributed by atoms with Crippen LogP contribution in [0.1, 0.15) is 47.6 Å². The molecular formula is C18H23Cl2N5O. The number of halogens is 2. The number of piperidine rings is 1. The zero-order valence-corrected chi connectivity index (χ0v) is 16.4. The van der Waals surface area contributed by atoms with Gasteiger partial charge in [0.05, 0.1) is 11.7 Å². The molecule has 1 amide bonds. The highest BCUT2D eigenvalue weighted by Gasteiger charge is 2.23. The lowest BCUT2D eigenvalue weighted by molar-refractivity contribution is 0.0934. The van der Waals surface area contributed by atoms with Crippen molar-refractivity contribution in [2.45, 2.75) is 45.2 Å². The summed E-state index contributed by atoms with van der Waals surface area (Å²) in [5.41, 5.74) is 2.14. The van der Waals surface area contributed by atoms with E-state index >= 15 is 0 Å². The summed E-state index contributed by atoms with van der Waals surface area (Å²) in [6, 6.07) is 5.60. The highest BCUT2D eigenvalue weighted by Crippen LogP contribution is 2.23. The molecule has 1 aromatic carbocycles. The number of hydrogen-bond acceptors (Lipinski definition) is 4. The van der Waals surface area contributed by atoms with E-state index < -0.39 is 0 Å². The number of rotatable bonds is 5. The smallest absolute Gasteiger partial charge is 0.273 e. The number of amides is 1. The summed E-state index contributed by atoms with van der Waals surface area (Å²) >= 11 is 12.1. The van der Waals surface area contributed by atoms with Crippen molar-refractivity contribution >= 4 is 29.1 Å². The quantitative estimate of drug-likeness (QED) is 0.815. The first-order valence-electron chi connectivity index (χ1n) is 8.83. The molecule has 3 rings (SSSR count). The second-order valence-electron chi connectivity index (χ2n) is 6.76. The number of carbonyl (C=O) groups is 1. The lowest BCUT2D eigenvalue weighted by Gasteiger charge is -2.23. The lowest BCUT2D eigenvalue weighted by atomic mass is 10.1. The monoisotopic (exact) mass is 395 g/mol.